The van der Waals surface area contributed by atoms with Crippen molar-refractivity contribution in [2.24, 2.45) is 0 Å². The summed E-state index contributed by atoms with van der Waals surface area (Å²) in [6.45, 7) is 6.51. The second kappa shape index (κ2) is 10.6. The number of piperazine rings is 1. The average Bonchev–Trinajstić information content (AvgIpc) is 3.43. The van der Waals surface area contributed by atoms with Gasteiger partial charge in [-0.3, -0.25) is 0 Å². The van der Waals surface area contributed by atoms with Crippen LogP contribution in [0.15, 0.2) is 40.9 Å². The second-order valence-electron chi connectivity index (χ2n) is 7.72. The molecule has 1 aliphatic rings. The fraction of sp³-hybridized carbons (Fsp3) is 0.476. The molecule has 3 heterocycles. The van der Waals surface area contributed by atoms with Crippen LogP contribution in [0, 0.1) is 0 Å². The van der Waals surface area contributed by atoms with Crippen molar-refractivity contribution in [1.29, 1.82) is 0 Å². The number of nitrogens with zero attached hydrogens (tertiary/aromatic N) is 2. The van der Waals surface area contributed by atoms with Gasteiger partial charge in [0, 0.05) is 56.4 Å². The van der Waals surface area contributed by atoms with Gasteiger partial charge in [0.1, 0.15) is 0 Å². The maximum Gasteiger partial charge on any atom is 0.251 e. The second-order valence-corrected chi connectivity index (χ2v) is 10.7. The third-order valence-corrected chi connectivity index (χ3v) is 8.35. The Labute approximate surface area is 187 Å². The van der Waals surface area contributed by atoms with E-state index in [-0.39, 0.29) is 4.21 Å². The molecule has 1 saturated heterocycles. The van der Waals surface area contributed by atoms with Crippen molar-refractivity contribution in [2.75, 3.05) is 51.1 Å². The zero-order valence-electron chi connectivity index (χ0n) is 17.6. The van der Waals surface area contributed by atoms with Gasteiger partial charge in [-0.25, -0.2) is 18.1 Å². The molecule has 10 heteroatoms. The first kappa shape index (κ1) is 22.2. The van der Waals surface area contributed by atoms with E-state index in [1.807, 2.05) is 24.4 Å². The first-order valence-electron chi connectivity index (χ1n) is 10.8. The Hall–Kier alpha value is -1.98. The monoisotopic (exact) mass is 462 g/mol. The summed E-state index contributed by atoms with van der Waals surface area (Å²) < 4.78 is 28.1. The molecule has 1 aromatic carbocycles. The molecule has 0 unspecified atom stereocenters. The van der Waals surface area contributed by atoms with Crippen LogP contribution >= 0.6 is 11.3 Å². The zero-order chi connectivity index (χ0) is 21.5. The number of para-hydroxylation sites is 1. The summed E-state index contributed by atoms with van der Waals surface area (Å²) in [5.41, 5.74) is 2.32. The van der Waals surface area contributed by atoms with Gasteiger partial charge in [0.2, 0.25) is 0 Å². The standard InChI is InChI=1S/C21H30N6O2S2/c28-31(29,26-9-3-5-17-15-24-19-7-2-1-6-18(17)19)20-16-25-21(30-20)23-8-4-12-27-13-10-22-11-14-27/h1-2,6-7,15-16,22,24,26H,3-5,8-14H2,(H,23,25). The topological polar surface area (TPSA) is 102 Å². The van der Waals surface area contributed by atoms with Crippen LogP contribution in [0.3, 0.4) is 0 Å². The SMILES string of the molecule is O=S(=O)(NCCCc1c[nH]c2ccccc12)c1cnc(NCCCN2CCNCC2)s1. The predicted octanol–water partition coefficient (Wildman–Crippen LogP) is 2.24. The molecule has 1 aliphatic heterocycles. The van der Waals surface area contributed by atoms with Gasteiger partial charge in [0.25, 0.3) is 10.0 Å². The van der Waals surface area contributed by atoms with Crippen LogP contribution in [0.25, 0.3) is 10.9 Å². The molecule has 2 aromatic heterocycles. The van der Waals surface area contributed by atoms with Gasteiger partial charge in [0.15, 0.2) is 9.34 Å². The first-order valence-corrected chi connectivity index (χ1v) is 13.1. The molecule has 8 nitrogen and oxygen atoms in total. The third kappa shape index (κ3) is 6.05. The van der Waals surface area contributed by atoms with Crippen molar-refractivity contribution in [2.45, 2.75) is 23.5 Å². The lowest BCUT2D eigenvalue weighted by atomic mass is 10.1. The van der Waals surface area contributed by atoms with Crippen LogP contribution in [0.1, 0.15) is 18.4 Å². The number of H-pyrrole nitrogens is 1. The van der Waals surface area contributed by atoms with Crippen molar-refractivity contribution >= 4 is 37.4 Å². The number of hydrogen-bond acceptors (Lipinski definition) is 7. The number of hydrogen-bond donors (Lipinski definition) is 4. The largest absolute Gasteiger partial charge is 0.361 e. The fourth-order valence-electron chi connectivity index (χ4n) is 3.79. The van der Waals surface area contributed by atoms with Gasteiger partial charge in [0.05, 0.1) is 6.20 Å². The van der Waals surface area contributed by atoms with Gasteiger partial charge < -0.3 is 20.5 Å². The number of aromatic nitrogens is 2. The van der Waals surface area contributed by atoms with Crippen LogP contribution in [-0.4, -0.2) is 69.1 Å². The molecule has 4 N–H and O–H groups in total. The number of aryl methyl sites for hydroxylation is 1. The molecule has 0 aliphatic carbocycles. The maximum atomic E-state index is 12.6. The molecular formula is C21H30N6O2S2. The Kier molecular flexibility index (Phi) is 7.57. The van der Waals surface area contributed by atoms with Crippen LogP contribution < -0.4 is 15.4 Å². The van der Waals surface area contributed by atoms with Crippen LogP contribution in [0.4, 0.5) is 5.13 Å². The summed E-state index contributed by atoms with van der Waals surface area (Å²) in [5.74, 6) is 0. The molecule has 31 heavy (non-hydrogen) atoms. The minimum atomic E-state index is -3.53. The van der Waals surface area contributed by atoms with Crippen molar-refractivity contribution in [3.63, 3.8) is 0 Å². The molecule has 168 valence electrons. The number of anilines is 1. The zero-order valence-corrected chi connectivity index (χ0v) is 19.2. The van der Waals surface area contributed by atoms with Gasteiger partial charge in [-0.05, 0) is 37.4 Å². The van der Waals surface area contributed by atoms with E-state index >= 15 is 0 Å². The van der Waals surface area contributed by atoms with Crippen molar-refractivity contribution in [3.8, 4) is 0 Å². The minimum absolute atomic E-state index is 0.254. The summed E-state index contributed by atoms with van der Waals surface area (Å²) in [5, 5.41) is 8.45. The number of sulfonamides is 1. The van der Waals surface area contributed by atoms with E-state index in [4.69, 9.17) is 0 Å². The summed E-state index contributed by atoms with van der Waals surface area (Å²) in [4.78, 5) is 9.93. The molecule has 0 bridgehead atoms. The minimum Gasteiger partial charge on any atom is -0.361 e. The summed E-state index contributed by atoms with van der Waals surface area (Å²) in [6.07, 6.45) is 5.99. The molecular weight excluding hydrogens is 432 g/mol. The van der Waals surface area contributed by atoms with E-state index in [2.05, 4.69) is 36.3 Å². The third-order valence-electron chi connectivity index (χ3n) is 5.48. The van der Waals surface area contributed by atoms with Gasteiger partial charge >= 0.3 is 0 Å². The fourth-order valence-corrected chi connectivity index (χ4v) is 5.97. The summed E-state index contributed by atoms with van der Waals surface area (Å²) >= 11 is 1.18. The lowest BCUT2D eigenvalue weighted by Gasteiger charge is -2.26. The van der Waals surface area contributed by atoms with Gasteiger partial charge in [-0.1, -0.05) is 29.5 Å². The van der Waals surface area contributed by atoms with Crippen LogP contribution in [-0.2, 0) is 16.4 Å². The molecule has 4 rings (SSSR count). The summed E-state index contributed by atoms with van der Waals surface area (Å²) in [7, 11) is -3.53. The van der Waals surface area contributed by atoms with E-state index in [1.165, 1.54) is 28.5 Å². The number of aromatic amines is 1. The van der Waals surface area contributed by atoms with Crippen molar-refractivity contribution < 1.29 is 8.42 Å². The molecule has 0 atom stereocenters. The van der Waals surface area contributed by atoms with Crippen molar-refractivity contribution in [1.82, 2.24) is 24.9 Å². The Morgan fingerprint density at radius 1 is 1.13 bits per heavy atom. The number of nitrogens with one attached hydrogen (secondary N) is 4. The number of thiazole rings is 1. The molecule has 0 radical (unpaired) electrons. The number of fused-ring (bicyclic) bond motifs is 1. The Bertz CT molecular complexity index is 1070. The van der Waals surface area contributed by atoms with E-state index in [0.717, 1.165) is 64.0 Å². The smallest absolute Gasteiger partial charge is 0.251 e. The Balaban J connectivity index is 1.19. The number of benzene rings is 1. The van der Waals surface area contributed by atoms with Crippen LogP contribution in [0.2, 0.25) is 0 Å². The lowest BCUT2D eigenvalue weighted by molar-refractivity contribution is 0.240. The predicted molar refractivity (Wildman–Crippen MR) is 126 cm³/mol. The molecule has 1 fully saturated rings. The highest BCUT2D eigenvalue weighted by atomic mass is 32.2. The molecule has 0 amide bonds. The first-order chi connectivity index (χ1) is 15.1. The van der Waals surface area contributed by atoms with E-state index in [9.17, 15) is 8.42 Å². The maximum absolute atomic E-state index is 12.6. The van der Waals surface area contributed by atoms with Gasteiger partial charge in [-0.2, -0.15) is 0 Å². The number of rotatable bonds is 11. The Morgan fingerprint density at radius 3 is 2.84 bits per heavy atom. The normalized spacial score (nSPS) is 15.5. The lowest BCUT2D eigenvalue weighted by Crippen LogP contribution is -2.44. The highest BCUT2D eigenvalue weighted by Crippen LogP contribution is 2.23. The van der Waals surface area contributed by atoms with E-state index in [0.29, 0.717) is 11.7 Å². The van der Waals surface area contributed by atoms with Crippen LogP contribution in [0.5, 0.6) is 0 Å². The molecule has 3 aromatic rings. The summed E-state index contributed by atoms with van der Waals surface area (Å²) in [6, 6.07) is 8.15. The quantitative estimate of drug-likeness (QED) is 0.326. The van der Waals surface area contributed by atoms with E-state index < -0.39 is 10.0 Å². The molecule has 0 saturated carbocycles. The van der Waals surface area contributed by atoms with Gasteiger partial charge in [-0.15, -0.1) is 0 Å². The highest BCUT2D eigenvalue weighted by Gasteiger charge is 2.17. The Morgan fingerprint density at radius 2 is 1.97 bits per heavy atom. The van der Waals surface area contributed by atoms with Crippen molar-refractivity contribution in [3.05, 3.63) is 42.2 Å². The highest BCUT2D eigenvalue weighted by molar-refractivity contribution is 7.91. The van der Waals surface area contributed by atoms with E-state index in [1.54, 1.807) is 0 Å². The molecule has 0 spiro atoms. The average molecular weight is 463 g/mol.